The third kappa shape index (κ3) is 19.5. The second-order valence-corrected chi connectivity index (χ2v) is 37.6. The van der Waals surface area contributed by atoms with E-state index in [0.29, 0.717) is 0 Å². The molecule has 101 heavy (non-hydrogen) atoms. The summed E-state index contributed by atoms with van der Waals surface area (Å²) in [7, 11) is -0.854. The molecule has 0 radical (unpaired) electrons. The first-order chi connectivity index (χ1) is 47.8. The van der Waals surface area contributed by atoms with Gasteiger partial charge in [-0.05, 0) is 99.0 Å². The number of hydrogen-bond donors (Lipinski definition) is 0. The molecule has 0 unspecified atom stereocenters. The summed E-state index contributed by atoms with van der Waals surface area (Å²) >= 11 is 0. The van der Waals surface area contributed by atoms with Crippen LogP contribution in [0.5, 0.6) is 0 Å². The van der Waals surface area contributed by atoms with Crippen molar-refractivity contribution in [3.8, 4) is 0 Å². The summed E-state index contributed by atoms with van der Waals surface area (Å²) in [6, 6.07) is 113. The van der Waals surface area contributed by atoms with Gasteiger partial charge in [0.05, 0.1) is 5.69 Å². The van der Waals surface area contributed by atoms with Crippen molar-refractivity contribution in [2.75, 3.05) is 43.5 Å². The minimum absolute atomic E-state index is 0. The predicted octanol–water partition coefficient (Wildman–Crippen LogP) is 15.2. The van der Waals surface area contributed by atoms with Crippen LogP contribution in [0.15, 0.2) is 310 Å². The van der Waals surface area contributed by atoms with Gasteiger partial charge in [-0.3, -0.25) is 15.0 Å². The first kappa shape index (κ1) is 77.6. The number of para-hydroxylation sites is 6. The monoisotopic (exact) mass is 1900 g/mol. The topological polar surface area (TPSA) is 83.9 Å². The molecule has 5 aromatic heterocycles. The van der Waals surface area contributed by atoms with Gasteiger partial charge in [0.25, 0.3) is 0 Å². The number of rotatable bonds is 10. The third-order valence-electron chi connectivity index (χ3n) is 16.9. The van der Waals surface area contributed by atoms with Crippen LogP contribution in [0.1, 0.15) is 0 Å². The molecule has 3 aliphatic rings. The Kier molecular flexibility index (Phi) is 28.9. The molecule has 17 heteroatoms. The van der Waals surface area contributed by atoms with Gasteiger partial charge < -0.3 is 29.4 Å². The molecule has 8 aromatic carbocycles. The van der Waals surface area contributed by atoms with Crippen molar-refractivity contribution < 1.29 is 60.3 Å². The van der Waals surface area contributed by atoms with Crippen LogP contribution in [0, 0.1) is 56.4 Å². The van der Waals surface area contributed by atoms with Gasteiger partial charge in [-0.25, -0.2) is 9.97 Å². The summed E-state index contributed by atoms with van der Waals surface area (Å²) in [6.45, 7) is 20.0. The molecular weight excluding hydrogens is 1820 g/mol. The van der Waals surface area contributed by atoms with Crippen LogP contribution >= 0.6 is 0 Å². The number of benzene rings is 8. The van der Waals surface area contributed by atoms with Crippen molar-refractivity contribution in [1.82, 2.24) is 24.9 Å². The van der Waals surface area contributed by atoms with Gasteiger partial charge in [-0.2, -0.15) is 211 Å². The Morgan fingerprint density at radius 2 is 0.594 bits per heavy atom. The van der Waals surface area contributed by atoms with E-state index in [2.05, 4.69) is 266 Å². The molecule has 16 rings (SSSR count). The molecule has 3 aliphatic heterocycles. The van der Waals surface area contributed by atoms with Crippen molar-refractivity contribution >= 4 is 113 Å². The number of hydrogen-bond acceptors (Lipinski definition) is 11. The fourth-order valence-corrected chi connectivity index (χ4v) is 17.7. The van der Waals surface area contributed by atoms with Gasteiger partial charge in [0.2, 0.25) is 0 Å². The summed E-state index contributed by atoms with van der Waals surface area (Å²) in [5.74, 6) is 1.92. The maximum Gasteiger partial charge on any atom is 3.00 e. The molecule has 0 amide bonds. The maximum absolute atomic E-state index is 4.47. The van der Waals surface area contributed by atoms with Crippen LogP contribution in [0.25, 0.3) is 0 Å². The summed E-state index contributed by atoms with van der Waals surface area (Å²) in [5.41, 5.74) is 8.79. The van der Waals surface area contributed by atoms with Crippen LogP contribution in [0.4, 0.5) is 57.1 Å². The van der Waals surface area contributed by atoms with Gasteiger partial charge >= 0.3 is 60.3 Å². The van der Waals surface area contributed by atoms with E-state index in [-0.39, 0.29) is 60.3 Å². The second kappa shape index (κ2) is 37.5. The molecule has 0 spiro atoms. The van der Waals surface area contributed by atoms with Gasteiger partial charge in [0.15, 0.2) is 0 Å². The van der Waals surface area contributed by atoms with Crippen LogP contribution in [0.2, 0.25) is 39.3 Å². The summed E-state index contributed by atoms with van der Waals surface area (Å²) in [4.78, 5) is 34.7. The largest absolute Gasteiger partial charge is 3.00 e. The smallest absolute Gasteiger partial charge is 0.502 e. The number of nitrogens with zero attached hydrogens (tertiary/aromatic N) is 11. The molecule has 0 aliphatic carbocycles. The average molecular weight is 1900 g/mol. The SMILES string of the molecule is CN1[CH-]N(c2[c-]cccc2)c2cccnc21.CN1[CH-]N(c2[c-]cccc2)c2ncccc21.C[Si](C)(c1[c-]cccc1)c1ccccn1.C[Si](C)(c1[c-]cccc1)c1ccccn1.C[Si](C)(c1[c-]cccc1)c1ccccn1.[Ir+3].[Ir+3].[Ir+3].[c-]1ccccc1N1[CH-]N(c2ccccc2)c2ccccc21. The van der Waals surface area contributed by atoms with E-state index in [9.17, 15) is 0 Å². The van der Waals surface area contributed by atoms with E-state index in [1.54, 1.807) is 6.20 Å². The zero-order valence-corrected chi connectivity index (χ0v) is 67.8. The molecule has 0 saturated carbocycles. The van der Waals surface area contributed by atoms with Crippen molar-refractivity contribution in [2.45, 2.75) is 39.3 Å². The molecule has 11 nitrogen and oxygen atoms in total. The van der Waals surface area contributed by atoms with Gasteiger partial charge in [-0.1, -0.05) is 87.8 Å². The molecule has 0 fully saturated rings. The summed E-state index contributed by atoms with van der Waals surface area (Å²) in [5, 5.41) is 7.57. The van der Waals surface area contributed by atoms with Crippen molar-refractivity contribution in [1.29, 1.82) is 0 Å². The molecule has 508 valence electrons. The number of anilines is 10. The van der Waals surface area contributed by atoms with E-state index >= 15 is 0 Å². The van der Waals surface area contributed by atoms with E-state index in [4.69, 9.17) is 0 Å². The average Bonchev–Trinajstić information content (AvgIpc) is 1.57. The number of fused-ring (bicyclic) bond motifs is 3. The maximum atomic E-state index is 4.47. The van der Waals surface area contributed by atoms with E-state index in [0.717, 1.165) is 45.8 Å². The second-order valence-electron chi connectivity index (χ2n) is 24.7. The molecule has 0 saturated heterocycles. The van der Waals surface area contributed by atoms with Crippen molar-refractivity contribution in [3.63, 3.8) is 0 Å². The first-order valence-corrected chi connectivity index (χ1v) is 41.6. The minimum Gasteiger partial charge on any atom is -0.502 e. The van der Waals surface area contributed by atoms with Crippen molar-refractivity contribution in [2.24, 2.45) is 0 Å². The predicted molar refractivity (Wildman–Crippen MR) is 414 cm³/mol. The van der Waals surface area contributed by atoms with E-state index in [1.165, 1.54) is 42.9 Å². The standard InChI is InChI=1S/C19H14N2.2C13H11N3.3C13H14NSi.3Ir/c1-3-9-16(10-4-1)20-15-21(17-11-5-2-6-12-17)19-14-8-7-13-18(19)20;1-15-10-16(11-6-3-2-4-7-11)12-8-5-9-14-13(12)15;1-15-10-16(11-6-3-2-4-7-11)13-12(15)8-5-9-14-13;3*1-15(2,12-8-4-3-5-9-12)13-10-6-7-11-14-13;;;/h1-11,13-15H;2*2-6,8-10H,1H3;3*3-8,10-11H,1-2H3;;;/q3*-2;3*-1;3*+3. The number of aromatic nitrogens is 5. The minimum atomic E-state index is -1.62. The van der Waals surface area contributed by atoms with Crippen LogP contribution in [-0.4, -0.2) is 63.2 Å². The molecular formula is C84H78Ir3N11Si3. The Hall–Kier alpha value is -9.09. The fraction of sp³-hybridized carbons (Fsp3) is 0.0952. The van der Waals surface area contributed by atoms with Gasteiger partial charge in [0, 0.05) is 69.7 Å². The molecule has 0 atom stereocenters. The van der Waals surface area contributed by atoms with Crippen LogP contribution < -0.4 is 60.9 Å². The normalized spacial score (nSPS) is 12.3. The fourth-order valence-electron chi connectivity index (χ4n) is 11.3. The quantitative estimate of drug-likeness (QED) is 0.0970. The summed E-state index contributed by atoms with van der Waals surface area (Å²) in [6.07, 6.45) is 9.22. The van der Waals surface area contributed by atoms with Crippen molar-refractivity contribution in [3.05, 3.63) is 366 Å². The van der Waals surface area contributed by atoms with Crippen LogP contribution in [-0.2, 0) is 60.3 Å². The Morgan fingerprint density at radius 1 is 0.267 bits per heavy atom. The zero-order chi connectivity index (χ0) is 68.2. The molecule has 0 N–H and O–H groups in total. The zero-order valence-electron chi connectivity index (χ0n) is 57.6. The Morgan fingerprint density at radius 3 is 0.990 bits per heavy atom. The summed E-state index contributed by atoms with van der Waals surface area (Å²) < 4.78 is 0. The van der Waals surface area contributed by atoms with Gasteiger partial charge in [-0.15, -0.1) is 23.7 Å². The Labute approximate surface area is 641 Å². The van der Waals surface area contributed by atoms with Gasteiger partial charge in [0.1, 0.15) is 35.9 Å². The Bertz CT molecular complexity index is 4030. The molecule has 8 heterocycles. The van der Waals surface area contributed by atoms with Crippen LogP contribution in [0.3, 0.4) is 0 Å². The molecule has 13 aromatic rings. The first-order valence-electron chi connectivity index (χ1n) is 32.6. The van der Waals surface area contributed by atoms with E-state index < -0.39 is 24.2 Å². The molecule has 0 bridgehead atoms. The number of pyridine rings is 5. The third-order valence-corrected chi connectivity index (χ3v) is 26.6. The van der Waals surface area contributed by atoms with E-state index in [1.807, 2.05) is 202 Å². The Balaban J connectivity index is 0.000000154.